The predicted molar refractivity (Wildman–Crippen MR) is 83.5 cm³/mol. The monoisotopic (exact) mass is 281 g/mol. The first-order valence-corrected chi connectivity index (χ1v) is 7.01. The minimum Gasteiger partial charge on any atom is -0.493 e. The SMILES string of the molecule is Cc1ccccc1OCCCNc1ccc(C)c(C#N)n1. The van der Waals surface area contributed by atoms with E-state index in [1.54, 1.807) is 0 Å². The zero-order valence-corrected chi connectivity index (χ0v) is 12.4. The van der Waals surface area contributed by atoms with Gasteiger partial charge in [0.1, 0.15) is 23.3 Å². The summed E-state index contributed by atoms with van der Waals surface area (Å²) < 4.78 is 5.73. The smallest absolute Gasteiger partial charge is 0.145 e. The molecule has 108 valence electrons. The number of para-hydroxylation sites is 1. The molecule has 0 atom stereocenters. The van der Waals surface area contributed by atoms with Crippen molar-refractivity contribution in [3.63, 3.8) is 0 Å². The van der Waals surface area contributed by atoms with E-state index < -0.39 is 0 Å². The van der Waals surface area contributed by atoms with Crippen LogP contribution in [0.3, 0.4) is 0 Å². The van der Waals surface area contributed by atoms with E-state index in [4.69, 9.17) is 10.00 Å². The van der Waals surface area contributed by atoms with Crippen molar-refractivity contribution in [3.05, 3.63) is 53.2 Å². The van der Waals surface area contributed by atoms with Crippen molar-refractivity contribution in [3.8, 4) is 11.8 Å². The molecular weight excluding hydrogens is 262 g/mol. The summed E-state index contributed by atoms with van der Waals surface area (Å²) in [6, 6.07) is 13.9. The normalized spacial score (nSPS) is 9.95. The van der Waals surface area contributed by atoms with Crippen LogP contribution in [0.4, 0.5) is 5.82 Å². The Kier molecular flexibility index (Phi) is 5.16. The number of anilines is 1. The molecule has 0 amide bonds. The molecule has 1 aromatic carbocycles. The summed E-state index contributed by atoms with van der Waals surface area (Å²) in [4.78, 5) is 4.25. The molecule has 21 heavy (non-hydrogen) atoms. The van der Waals surface area contributed by atoms with Crippen LogP contribution >= 0.6 is 0 Å². The minimum absolute atomic E-state index is 0.469. The number of nitriles is 1. The Labute approximate surface area is 125 Å². The highest BCUT2D eigenvalue weighted by molar-refractivity contribution is 5.42. The maximum atomic E-state index is 8.94. The Morgan fingerprint density at radius 1 is 1.14 bits per heavy atom. The molecule has 0 unspecified atom stereocenters. The number of hydrogen-bond acceptors (Lipinski definition) is 4. The van der Waals surface area contributed by atoms with Gasteiger partial charge in [-0.2, -0.15) is 5.26 Å². The van der Waals surface area contributed by atoms with Crippen LogP contribution < -0.4 is 10.1 Å². The van der Waals surface area contributed by atoms with Crippen molar-refractivity contribution in [2.45, 2.75) is 20.3 Å². The molecule has 2 aromatic rings. The highest BCUT2D eigenvalue weighted by Gasteiger charge is 2.01. The average Bonchev–Trinajstić information content (AvgIpc) is 2.50. The molecule has 1 N–H and O–H groups in total. The number of pyridine rings is 1. The first-order valence-electron chi connectivity index (χ1n) is 7.01. The van der Waals surface area contributed by atoms with Crippen LogP contribution in [0.2, 0.25) is 0 Å². The van der Waals surface area contributed by atoms with Gasteiger partial charge in [-0.15, -0.1) is 0 Å². The Bertz CT molecular complexity index is 647. The third-order valence-corrected chi connectivity index (χ3v) is 3.18. The molecule has 0 spiro atoms. The predicted octanol–water partition coefficient (Wildman–Crippen LogP) is 3.45. The number of hydrogen-bond donors (Lipinski definition) is 1. The van der Waals surface area contributed by atoms with E-state index >= 15 is 0 Å². The molecule has 4 heteroatoms. The molecule has 4 nitrogen and oxygen atoms in total. The van der Waals surface area contributed by atoms with Gasteiger partial charge in [0.25, 0.3) is 0 Å². The van der Waals surface area contributed by atoms with E-state index in [1.807, 2.05) is 50.2 Å². The number of benzene rings is 1. The van der Waals surface area contributed by atoms with Gasteiger partial charge in [0, 0.05) is 6.54 Å². The fourth-order valence-corrected chi connectivity index (χ4v) is 1.93. The maximum absolute atomic E-state index is 8.94. The van der Waals surface area contributed by atoms with Gasteiger partial charge < -0.3 is 10.1 Å². The lowest BCUT2D eigenvalue weighted by atomic mass is 10.2. The molecule has 0 saturated carbocycles. The lowest BCUT2D eigenvalue weighted by molar-refractivity contribution is 0.313. The number of nitrogens with zero attached hydrogens (tertiary/aromatic N) is 2. The van der Waals surface area contributed by atoms with Crippen molar-refractivity contribution >= 4 is 5.82 Å². The molecule has 1 heterocycles. The first-order chi connectivity index (χ1) is 10.2. The summed E-state index contributed by atoms with van der Waals surface area (Å²) in [5.41, 5.74) is 2.51. The molecule has 0 fully saturated rings. The molecule has 0 aliphatic heterocycles. The summed E-state index contributed by atoms with van der Waals surface area (Å²) in [5, 5.41) is 12.1. The number of aryl methyl sites for hydroxylation is 2. The first kappa shape index (κ1) is 14.9. The van der Waals surface area contributed by atoms with Crippen LogP contribution in [0.5, 0.6) is 5.75 Å². The topological polar surface area (TPSA) is 57.9 Å². The van der Waals surface area contributed by atoms with Crippen LogP contribution in [0.15, 0.2) is 36.4 Å². The number of rotatable bonds is 6. The van der Waals surface area contributed by atoms with Crippen LogP contribution in [-0.4, -0.2) is 18.1 Å². The Morgan fingerprint density at radius 3 is 2.71 bits per heavy atom. The van der Waals surface area contributed by atoms with Gasteiger partial charge in [-0.05, 0) is 43.5 Å². The molecule has 0 bridgehead atoms. The molecule has 2 rings (SSSR count). The molecule has 0 radical (unpaired) electrons. The standard InChI is InChI=1S/C17H19N3O/c1-13-8-9-17(20-15(13)12-18)19-10-5-11-21-16-7-4-3-6-14(16)2/h3-4,6-9H,5,10-11H2,1-2H3,(H,19,20). The third-order valence-electron chi connectivity index (χ3n) is 3.18. The minimum atomic E-state index is 0.469. The van der Waals surface area contributed by atoms with Gasteiger partial charge in [0.15, 0.2) is 0 Å². The van der Waals surface area contributed by atoms with Crippen molar-refractivity contribution in [2.24, 2.45) is 0 Å². The quantitative estimate of drug-likeness (QED) is 0.824. The van der Waals surface area contributed by atoms with E-state index in [0.29, 0.717) is 12.3 Å². The highest BCUT2D eigenvalue weighted by Crippen LogP contribution is 2.16. The van der Waals surface area contributed by atoms with Crippen molar-refractivity contribution in [2.75, 3.05) is 18.5 Å². The van der Waals surface area contributed by atoms with Crippen molar-refractivity contribution < 1.29 is 4.74 Å². The van der Waals surface area contributed by atoms with Crippen LogP contribution in [-0.2, 0) is 0 Å². The molecule has 0 aliphatic rings. The zero-order chi connectivity index (χ0) is 15.1. The van der Waals surface area contributed by atoms with E-state index in [-0.39, 0.29) is 0 Å². The molecule has 0 saturated heterocycles. The second kappa shape index (κ2) is 7.30. The Morgan fingerprint density at radius 2 is 1.95 bits per heavy atom. The largest absolute Gasteiger partial charge is 0.493 e. The van der Waals surface area contributed by atoms with E-state index in [2.05, 4.69) is 16.4 Å². The molecule has 0 aliphatic carbocycles. The fourth-order valence-electron chi connectivity index (χ4n) is 1.93. The number of nitrogens with one attached hydrogen (secondary N) is 1. The molecular formula is C17H19N3O. The summed E-state index contributed by atoms with van der Waals surface area (Å²) in [6.45, 7) is 5.32. The van der Waals surface area contributed by atoms with Gasteiger partial charge in [0.2, 0.25) is 0 Å². The van der Waals surface area contributed by atoms with Gasteiger partial charge >= 0.3 is 0 Å². The zero-order valence-electron chi connectivity index (χ0n) is 12.4. The lowest BCUT2D eigenvalue weighted by Gasteiger charge is -2.10. The fraction of sp³-hybridized carbons (Fsp3) is 0.294. The number of aromatic nitrogens is 1. The lowest BCUT2D eigenvalue weighted by Crippen LogP contribution is -2.09. The van der Waals surface area contributed by atoms with Gasteiger partial charge in [-0.1, -0.05) is 24.3 Å². The third kappa shape index (κ3) is 4.22. The number of ether oxygens (including phenoxy) is 1. The van der Waals surface area contributed by atoms with Gasteiger partial charge in [-0.3, -0.25) is 0 Å². The van der Waals surface area contributed by atoms with Crippen LogP contribution in [0.25, 0.3) is 0 Å². The highest BCUT2D eigenvalue weighted by atomic mass is 16.5. The van der Waals surface area contributed by atoms with Crippen LogP contribution in [0, 0.1) is 25.2 Å². The van der Waals surface area contributed by atoms with Gasteiger partial charge in [0.05, 0.1) is 6.61 Å². The van der Waals surface area contributed by atoms with Gasteiger partial charge in [-0.25, -0.2) is 4.98 Å². The maximum Gasteiger partial charge on any atom is 0.145 e. The second-order valence-corrected chi connectivity index (χ2v) is 4.87. The van der Waals surface area contributed by atoms with E-state index in [0.717, 1.165) is 35.7 Å². The van der Waals surface area contributed by atoms with Crippen LogP contribution in [0.1, 0.15) is 23.2 Å². The van der Waals surface area contributed by atoms with Crippen molar-refractivity contribution in [1.82, 2.24) is 4.98 Å². The summed E-state index contributed by atoms with van der Waals surface area (Å²) in [5.74, 6) is 1.66. The average molecular weight is 281 g/mol. The summed E-state index contributed by atoms with van der Waals surface area (Å²) >= 11 is 0. The Balaban J connectivity index is 1.75. The van der Waals surface area contributed by atoms with E-state index in [1.165, 1.54) is 0 Å². The molecule has 1 aromatic heterocycles. The summed E-state index contributed by atoms with van der Waals surface area (Å²) in [7, 11) is 0. The van der Waals surface area contributed by atoms with Crippen molar-refractivity contribution in [1.29, 1.82) is 5.26 Å². The Hall–Kier alpha value is -2.54. The second-order valence-electron chi connectivity index (χ2n) is 4.87. The van der Waals surface area contributed by atoms with E-state index in [9.17, 15) is 0 Å². The summed E-state index contributed by atoms with van der Waals surface area (Å²) in [6.07, 6.45) is 0.867.